The molecule has 2 fully saturated rings. The molecule has 3 atom stereocenters. The van der Waals surface area contributed by atoms with Crippen LogP contribution in [0.1, 0.15) is 25.7 Å². The number of hydrogen-bond donors (Lipinski definition) is 2. The van der Waals surface area contributed by atoms with Crippen molar-refractivity contribution in [2.24, 2.45) is 17.4 Å². The highest BCUT2D eigenvalue weighted by Crippen LogP contribution is 2.26. The number of rotatable bonds is 1. The maximum Gasteiger partial charge on any atom is 0.227 e. The van der Waals surface area contributed by atoms with Gasteiger partial charge in [-0.1, -0.05) is 6.42 Å². The van der Waals surface area contributed by atoms with Crippen molar-refractivity contribution in [1.82, 2.24) is 4.90 Å². The van der Waals surface area contributed by atoms with Crippen LogP contribution in [0.4, 0.5) is 0 Å². The van der Waals surface area contributed by atoms with Gasteiger partial charge in [0.2, 0.25) is 5.91 Å². The summed E-state index contributed by atoms with van der Waals surface area (Å²) in [6.07, 6.45) is 3.99. The zero-order chi connectivity index (χ0) is 10.1. The van der Waals surface area contributed by atoms with E-state index in [1.165, 1.54) is 0 Å². The van der Waals surface area contributed by atoms with E-state index in [9.17, 15) is 4.79 Å². The maximum atomic E-state index is 12.0. The number of likely N-dealkylation sites (tertiary alicyclic amines) is 1. The fraction of sp³-hybridized carbons (Fsp3) is 0.900. The molecule has 0 aromatic heterocycles. The Morgan fingerprint density at radius 3 is 2.40 bits per heavy atom. The highest BCUT2D eigenvalue weighted by Gasteiger charge is 2.35. The highest BCUT2D eigenvalue weighted by molar-refractivity contribution is 5.85. The van der Waals surface area contributed by atoms with Gasteiger partial charge in [0.05, 0.1) is 5.92 Å². The molecule has 1 amide bonds. The lowest BCUT2D eigenvalue weighted by atomic mass is 10.0. The lowest BCUT2D eigenvalue weighted by molar-refractivity contribution is -0.134. The van der Waals surface area contributed by atoms with E-state index in [0.29, 0.717) is 0 Å². The van der Waals surface area contributed by atoms with Crippen molar-refractivity contribution in [3.63, 3.8) is 0 Å². The van der Waals surface area contributed by atoms with Crippen LogP contribution in [0.3, 0.4) is 0 Å². The molecule has 0 radical (unpaired) electrons. The molecule has 0 aromatic carbocycles. The summed E-state index contributed by atoms with van der Waals surface area (Å²) in [4.78, 5) is 13.9. The zero-order valence-electron chi connectivity index (χ0n) is 8.89. The van der Waals surface area contributed by atoms with Crippen molar-refractivity contribution in [3.8, 4) is 0 Å². The van der Waals surface area contributed by atoms with E-state index in [4.69, 9.17) is 11.5 Å². The van der Waals surface area contributed by atoms with Gasteiger partial charge < -0.3 is 16.4 Å². The van der Waals surface area contributed by atoms with Gasteiger partial charge in [-0.05, 0) is 19.3 Å². The summed E-state index contributed by atoms with van der Waals surface area (Å²) in [5.74, 6) is 0.309. The second kappa shape index (κ2) is 5.14. The van der Waals surface area contributed by atoms with Gasteiger partial charge in [-0.2, -0.15) is 0 Å². The van der Waals surface area contributed by atoms with E-state index in [2.05, 4.69) is 0 Å². The van der Waals surface area contributed by atoms with Gasteiger partial charge in [-0.25, -0.2) is 0 Å². The molecule has 0 bridgehead atoms. The van der Waals surface area contributed by atoms with Gasteiger partial charge in [0.25, 0.3) is 0 Å². The molecule has 1 aliphatic heterocycles. The first-order valence-electron chi connectivity index (χ1n) is 5.48. The van der Waals surface area contributed by atoms with Crippen molar-refractivity contribution in [2.75, 3.05) is 13.1 Å². The van der Waals surface area contributed by atoms with E-state index in [1.807, 2.05) is 4.90 Å². The highest BCUT2D eigenvalue weighted by atomic mass is 35.5. The number of carbonyl (C=O) groups excluding carboxylic acids is 1. The minimum atomic E-state index is 0. The molecular weight excluding hydrogens is 214 g/mol. The zero-order valence-corrected chi connectivity index (χ0v) is 9.71. The van der Waals surface area contributed by atoms with E-state index in [0.717, 1.165) is 38.8 Å². The minimum Gasteiger partial charge on any atom is -0.341 e. The SMILES string of the molecule is Cl.NC1CCN(C(=O)C2CCCC2N)C1. The van der Waals surface area contributed by atoms with E-state index in [1.54, 1.807) is 0 Å². The molecule has 1 heterocycles. The summed E-state index contributed by atoms with van der Waals surface area (Å²) in [7, 11) is 0. The smallest absolute Gasteiger partial charge is 0.227 e. The van der Waals surface area contributed by atoms with Gasteiger partial charge in [0.15, 0.2) is 0 Å². The Hall–Kier alpha value is -0.320. The summed E-state index contributed by atoms with van der Waals surface area (Å²) in [5, 5.41) is 0. The van der Waals surface area contributed by atoms with Gasteiger partial charge in [-0.15, -0.1) is 12.4 Å². The fourth-order valence-electron chi connectivity index (χ4n) is 2.52. The minimum absolute atomic E-state index is 0. The molecule has 15 heavy (non-hydrogen) atoms. The molecule has 0 aromatic rings. The number of amides is 1. The summed E-state index contributed by atoms with van der Waals surface area (Å²) in [6.45, 7) is 1.55. The Bertz CT molecular complexity index is 237. The molecule has 2 aliphatic rings. The number of carbonyl (C=O) groups is 1. The van der Waals surface area contributed by atoms with Gasteiger partial charge >= 0.3 is 0 Å². The average Bonchev–Trinajstić information content (AvgIpc) is 2.73. The Kier molecular flexibility index (Phi) is 4.37. The van der Waals surface area contributed by atoms with Crippen molar-refractivity contribution in [3.05, 3.63) is 0 Å². The molecule has 4 N–H and O–H groups in total. The van der Waals surface area contributed by atoms with Gasteiger partial charge in [-0.3, -0.25) is 4.79 Å². The quantitative estimate of drug-likeness (QED) is 0.675. The normalized spacial score (nSPS) is 35.3. The second-order valence-electron chi connectivity index (χ2n) is 4.53. The molecule has 5 heteroatoms. The van der Waals surface area contributed by atoms with Crippen LogP contribution in [0.25, 0.3) is 0 Å². The lowest BCUT2D eigenvalue weighted by Gasteiger charge is -2.22. The standard InChI is InChI=1S/C10H19N3O.ClH/c11-7-4-5-13(6-7)10(14)8-2-1-3-9(8)12;/h7-9H,1-6,11-12H2;1H. The van der Waals surface area contributed by atoms with E-state index >= 15 is 0 Å². The Balaban J connectivity index is 0.00000112. The summed E-state index contributed by atoms with van der Waals surface area (Å²) in [5.41, 5.74) is 11.7. The van der Waals surface area contributed by atoms with Crippen LogP contribution in [0, 0.1) is 5.92 Å². The van der Waals surface area contributed by atoms with Crippen molar-refractivity contribution in [1.29, 1.82) is 0 Å². The van der Waals surface area contributed by atoms with Gasteiger partial charge in [0.1, 0.15) is 0 Å². The van der Waals surface area contributed by atoms with Crippen molar-refractivity contribution < 1.29 is 4.79 Å². The molecule has 2 rings (SSSR count). The Morgan fingerprint density at radius 2 is 1.93 bits per heavy atom. The predicted molar refractivity (Wildman–Crippen MR) is 61.7 cm³/mol. The third kappa shape index (κ3) is 2.62. The second-order valence-corrected chi connectivity index (χ2v) is 4.53. The number of nitrogens with two attached hydrogens (primary N) is 2. The van der Waals surface area contributed by atoms with Crippen LogP contribution in [0.5, 0.6) is 0 Å². The van der Waals surface area contributed by atoms with Crippen LogP contribution in [0.2, 0.25) is 0 Å². The first-order valence-corrected chi connectivity index (χ1v) is 5.48. The van der Waals surface area contributed by atoms with E-state index < -0.39 is 0 Å². The summed E-state index contributed by atoms with van der Waals surface area (Å²) in [6, 6.07) is 0.260. The van der Waals surface area contributed by atoms with Crippen LogP contribution in [0.15, 0.2) is 0 Å². The topological polar surface area (TPSA) is 72.3 Å². The van der Waals surface area contributed by atoms with E-state index in [-0.39, 0.29) is 36.3 Å². The van der Waals surface area contributed by atoms with Crippen LogP contribution >= 0.6 is 12.4 Å². The first-order chi connectivity index (χ1) is 6.68. The number of hydrogen-bond acceptors (Lipinski definition) is 3. The van der Waals surface area contributed by atoms with Crippen LogP contribution < -0.4 is 11.5 Å². The Labute approximate surface area is 96.8 Å². The fourth-order valence-corrected chi connectivity index (χ4v) is 2.52. The summed E-state index contributed by atoms with van der Waals surface area (Å²) >= 11 is 0. The number of nitrogens with zero attached hydrogens (tertiary/aromatic N) is 1. The molecule has 0 spiro atoms. The van der Waals surface area contributed by atoms with Crippen molar-refractivity contribution >= 4 is 18.3 Å². The third-order valence-electron chi connectivity index (χ3n) is 3.42. The molecule has 4 nitrogen and oxygen atoms in total. The average molecular weight is 234 g/mol. The molecule has 1 saturated heterocycles. The van der Waals surface area contributed by atoms with Crippen molar-refractivity contribution in [2.45, 2.75) is 37.8 Å². The Morgan fingerprint density at radius 1 is 1.20 bits per heavy atom. The third-order valence-corrected chi connectivity index (χ3v) is 3.42. The van der Waals surface area contributed by atoms with Crippen LogP contribution in [-0.2, 0) is 4.79 Å². The largest absolute Gasteiger partial charge is 0.341 e. The first kappa shape index (κ1) is 12.7. The molecular formula is C10H20ClN3O. The number of halogens is 1. The molecule has 88 valence electrons. The molecule has 3 unspecified atom stereocenters. The molecule has 1 saturated carbocycles. The predicted octanol–water partition coefficient (Wildman–Crippen LogP) is 0.0952. The van der Waals surface area contributed by atoms with Crippen LogP contribution in [-0.4, -0.2) is 36.0 Å². The molecule has 1 aliphatic carbocycles. The maximum absolute atomic E-state index is 12.0. The monoisotopic (exact) mass is 233 g/mol. The van der Waals surface area contributed by atoms with Gasteiger partial charge in [0, 0.05) is 25.2 Å². The lowest BCUT2D eigenvalue weighted by Crippen LogP contribution is -2.41. The summed E-state index contributed by atoms with van der Waals surface area (Å²) < 4.78 is 0.